The molecule has 0 radical (unpaired) electrons. The van der Waals surface area contributed by atoms with Crippen LogP contribution in [0.5, 0.6) is 0 Å². The number of carbonyl (C=O) groups excluding carboxylic acids is 1. The standard InChI is InChI=1S/C15H13Br2NO/c16-10-12-3-1-2-4-14(12)18-15(19)9-11-5-7-13(17)8-6-11/h1-8H,9-10H2,(H,18,19). The van der Waals surface area contributed by atoms with Crippen molar-refractivity contribution in [2.24, 2.45) is 0 Å². The van der Waals surface area contributed by atoms with E-state index in [4.69, 9.17) is 0 Å². The normalized spacial score (nSPS) is 10.2. The molecule has 0 atom stereocenters. The lowest BCUT2D eigenvalue weighted by Crippen LogP contribution is -2.15. The Morgan fingerprint density at radius 3 is 2.42 bits per heavy atom. The third-order valence-corrected chi connectivity index (χ3v) is 3.85. The Labute approximate surface area is 129 Å². The van der Waals surface area contributed by atoms with E-state index in [1.54, 1.807) is 0 Å². The van der Waals surface area contributed by atoms with Crippen molar-refractivity contribution in [3.63, 3.8) is 0 Å². The van der Waals surface area contributed by atoms with E-state index in [2.05, 4.69) is 37.2 Å². The molecule has 2 aromatic rings. The topological polar surface area (TPSA) is 29.1 Å². The van der Waals surface area contributed by atoms with Gasteiger partial charge in [-0.15, -0.1) is 0 Å². The SMILES string of the molecule is O=C(Cc1ccc(Br)cc1)Nc1ccccc1CBr. The molecule has 0 fully saturated rings. The molecule has 98 valence electrons. The van der Waals surface area contributed by atoms with Gasteiger partial charge in [-0.1, -0.05) is 62.2 Å². The number of hydrogen-bond acceptors (Lipinski definition) is 1. The van der Waals surface area contributed by atoms with E-state index in [0.29, 0.717) is 6.42 Å². The van der Waals surface area contributed by atoms with Crippen molar-refractivity contribution < 1.29 is 4.79 Å². The first-order valence-electron chi connectivity index (χ1n) is 5.87. The van der Waals surface area contributed by atoms with Crippen LogP contribution in [0, 0.1) is 0 Å². The first-order chi connectivity index (χ1) is 9.19. The van der Waals surface area contributed by atoms with E-state index in [-0.39, 0.29) is 5.91 Å². The number of nitrogens with one attached hydrogen (secondary N) is 1. The number of halogens is 2. The van der Waals surface area contributed by atoms with Gasteiger partial charge in [-0.2, -0.15) is 0 Å². The van der Waals surface area contributed by atoms with Crippen molar-refractivity contribution in [2.45, 2.75) is 11.8 Å². The number of carbonyl (C=O) groups is 1. The molecule has 4 heteroatoms. The highest BCUT2D eigenvalue weighted by Crippen LogP contribution is 2.18. The van der Waals surface area contributed by atoms with Gasteiger partial charge in [0.15, 0.2) is 0 Å². The molecule has 0 aromatic heterocycles. The molecule has 0 unspecified atom stereocenters. The van der Waals surface area contributed by atoms with Gasteiger partial charge in [-0.05, 0) is 29.3 Å². The van der Waals surface area contributed by atoms with Crippen LogP contribution in [-0.2, 0) is 16.5 Å². The van der Waals surface area contributed by atoms with Crippen LogP contribution in [0.1, 0.15) is 11.1 Å². The Balaban J connectivity index is 2.03. The molecule has 0 aliphatic carbocycles. The average molecular weight is 383 g/mol. The highest BCUT2D eigenvalue weighted by atomic mass is 79.9. The Morgan fingerprint density at radius 2 is 1.74 bits per heavy atom. The lowest BCUT2D eigenvalue weighted by atomic mass is 10.1. The molecule has 0 aliphatic heterocycles. The quantitative estimate of drug-likeness (QED) is 0.773. The maximum Gasteiger partial charge on any atom is 0.228 e. The number of alkyl halides is 1. The minimum atomic E-state index is -0.00396. The van der Waals surface area contributed by atoms with Gasteiger partial charge in [0.1, 0.15) is 0 Å². The zero-order valence-corrected chi connectivity index (χ0v) is 13.4. The molecular formula is C15H13Br2NO. The van der Waals surface area contributed by atoms with E-state index in [9.17, 15) is 4.79 Å². The minimum Gasteiger partial charge on any atom is -0.326 e. The molecule has 0 saturated heterocycles. The lowest BCUT2D eigenvalue weighted by Gasteiger charge is -2.09. The van der Waals surface area contributed by atoms with Crippen LogP contribution in [0.25, 0.3) is 0 Å². The molecular weight excluding hydrogens is 370 g/mol. The predicted molar refractivity (Wildman–Crippen MR) is 85.5 cm³/mol. The van der Waals surface area contributed by atoms with Crippen molar-refractivity contribution in [2.75, 3.05) is 5.32 Å². The Hall–Kier alpha value is -1.13. The Morgan fingerprint density at radius 1 is 1.05 bits per heavy atom. The molecule has 0 saturated carbocycles. The van der Waals surface area contributed by atoms with Crippen LogP contribution >= 0.6 is 31.9 Å². The van der Waals surface area contributed by atoms with E-state index in [1.165, 1.54) is 0 Å². The first kappa shape index (κ1) is 14.3. The summed E-state index contributed by atoms with van der Waals surface area (Å²) in [7, 11) is 0. The second kappa shape index (κ2) is 6.87. The molecule has 0 heterocycles. The van der Waals surface area contributed by atoms with Crippen molar-refractivity contribution >= 4 is 43.5 Å². The van der Waals surface area contributed by atoms with E-state index < -0.39 is 0 Å². The summed E-state index contributed by atoms with van der Waals surface area (Å²) in [5.41, 5.74) is 2.94. The summed E-state index contributed by atoms with van der Waals surface area (Å²) in [5.74, 6) is -0.00396. The van der Waals surface area contributed by atoms with Crippen LogP contribution in [0.2, 0.25) is 0 Å². The number of rotatable bonds is 4. The van der Waals surface area contributed by atoms with Crippen LogP contribution in [0.4, 0.5) is 5.69 Å². The highest BCUT2D eigenvalue weighted by Gasteiger charge is 2.06. The second-order valence-corrected chi connectivity index (χ2v) is 5.62. The van der Waals surface area contributed by atoms with Gasteiger partial charge < -0.3 is 5.32 Å². The predicted octanol–water partition coefficient (Wildman–Crippen LogP) is 4.53. The molecule has 2 aromatic carbocycles. The van der Waals surface area contributed by atoms with Crippen LogP contribution < -0.4 is 5.32 Å². The van der Waals surface area contributed by atoms with Gasteiger partial charge in [0.05, 0.1) is 6.42 Å². The van der Waals surface area contributed by atoms with E-state index >= 15 is 0 Å². The fraction of sp³-hybridized carbons (Fsp3) is 0.133. The van der Waals surface area contributed by atoms with Gasteiger partial charge in [0.2, 0.25) is 5.91 Å². The van der Waals surface area contributed by atoms with Gasteiger partial charge >= 0.3 is 0 Å². The fourth-order valence-corrected chi connectivity index (χ4v) is 2.49. The summed E-state index contributed by atoms with van der Waals surface area (Å²) in [4.78, 5) is 12.0. The smallest absolute Gasteiger partial charge is 0.228 e. The van der Waals surface area contributed by atoms with Crippen LogP contribution in [-0.4, -0.2) is 5.91 Å². The number of anilines is 1. The van der Waals surface area contributed by atoms with E-state index in [0.717, 1.165) is 26.6 Å². The summed E-state index contributed by atoms with van der Waals surface area (Å²) >= 11 is 6.80. The molecule has 19 heavy (non-hydrogen) atoms. The molecule has 2 nitrogen and oxygen atoms in total. The third kappa shape index (κ3) is 4.18. The monoisotopic (exact) mass is 381 g/mol. The molecule has 0 spiro atoms. The maximum absolute atomic E-state index is 12.0. The van der Waals surface area contributed by atoms with Crippen LogP contribution in [0.15, 0.2) is 53.0 Å². The summed E-state index contributed by atoms with van der Waals surface area (Å²) in [5, 5.41) is 3.67. The molecule has 2 rings (SSSR count). The van der Waals surface area contributed by atoms with E-state index in [1.807, 2.05) is 48.5 Å². The van der Waals surface area contributed by atoms with Gasteiger partial charge in [-0.3, -0.25) is 4.79 Å². The summed E-state index contributed by atoms with van der Waals surface area (Å²) in [6, 6.07) is 15.5. The number of hydrogen-bond donors (Lipinski definition) is 1. The first-order valence-corrected chi connectivity index (χ1v) is 7.78. The molecule has 1 N–H and O–H groups in total. The molecule has 0 aliphatic rings. The van der Waals surface area contributed by atoms with Gasteiger partial charge in [0.25, 0.3) is 0 Å². The molecule has 0 bridgehead atoms. The maximum atomic E-state index is 12.0. The van der Waals surface area contributed by atoms with Crippen molar-refractivity contribution in [1.29, 1.82) is 0 Å². The third-order valence-electron chi connectivity index (χ3n) is 2.71. The Kier molecular flexibility index (Phi) is 5.16. The Bertz CT molecular complexity index is 567. The van der Waals surface area contributed by atoms with Gasteiger partial charge in [0, 0.05) is 15.5 Å². The summed E-state index contributed by atoms with van der Waals surface area (Å²) in [6.45, 7) is 0. The fourth-order valence-electron chi connectivity index (χ4n) is 1.74. The average Bonchev–Trinajstić information content (AvgIpc) is 2.42. The molecule has 1 amide bonds. The largest absolute Gasteiger partial charge is 0.326 e. The van der Waals surface area contributed by atoms with Crippen LogP contribution in [0.3, 0.4) is 0 Å². The summed E-state index contributed by atoms with van der Waals surface area (Å²) in [6.07, 6.45) is 0.379. The number of amides is 1. The number of para-hydroxylation sites is 1. The lowest BCUT2D eigenvalue weighted by molar-refractivity contribution is -0.115. The van der Waals surface area contributed by atoms with Crippen molar-refractivity contribution in [3.05, 3.63) is 64.1 Å². The van der Waals surface area contributed by atoms with Crippen molar-refractivity contribution in [3.8, 4) is 0 Å². The second-order valence-electron chi connectivity index (χ2n) is 4.14. The zero-order valence-electron chi connectivity index (χ0n) is 10.2. The van der Waals surface area contributed by atoms with Crippen molar-refractivity contribution in [1.82, 2.24) is 0 Å². The zero-order chi connectivity index (χ0) is 13.7. The highest BCUT2D eigenvalue weighted by molar-refractivity contribution is 9.10. The summed E-state index contributed by atoms with van der Waals surface area (Å²) < 4.78 is 1.02. The van der Waals surface area contributed by atoms with Gasteiger partial charge in [-0.25, -0.2) is 0 Å². The number of benzene rings is 2. The minimum absolute atomic E-state index is 0.00396.